The molecule has 3 aromatic carbocycles. The fraction of sp³-hybridized carbons (Fsp3) is 0.574. The third kappa shape index (κ3) is 13.2. The standard InChI is InChI=1S/C54H78N4O12Si2/c1-14-24-68-51(61)55-43-30-47(45(64-8)28-41(43)49(59)57-36-54(22-23-54)32-40(57)35-70-72(12,13)53(5,6)7)66-25-18-15-19-26-67-48-31-44(58(62)63)42(29-46(48)65-9)50(60)56-33-38-21-17-16-20-37(38)27-39(56)34-69-71(10,11)52(2,3)4/h14,16-17,20-21,28-31,39-40H,1,15,18-19,22-27,32-36H2,2-13H3,(H,55,61)/t39-,40-/m0/s1. The van der Waals surface area contributed by atoms with Gasteiger partial charge in [0, 0.05) is 25.2 Å². The molecule has 6 rings (SSSR count). The zero-order valence-electron chi connectivity index (χ0n) is 44.7. The Morgan fingerprint density at radius 3 is 1.86 bits per heavy atom. The van der Waals surface area contributed by atoms with Crippen molar-refractivity contribution in [1.29, 1.82) is 0 Å². The molecule has 1 spiro atoms. The first-order valence-electron chi connectivity index (χ1n) is 25.2. The van der Waals surface area contributed by atoms with Gasteiger partial charge < -0.3 is 42.3 Å². The van der Waals surface area contributed by atoms with Gasteiger partial charge in [-0.05, 0) is 104 Å². The Kier molecular flexibility index (Phi) is 17.7. The van der Waals surface area contributed by atoms with E-state index in [1.165, 1.54) is 32.4 Å². The number of fused-ring (bicyclic) bond motifs is 1. The Bertz CT molecular complexity index is 2460. The Morgan fingerprint density at radius 1 is 0.778 bits per heavy atom. The van der Waals surface area contributed by atoms with Crippen molar-refractivity contribution in [2.45, 2.75) is 141 Å². The number of nitro benzene ring substituents is 1. The average molecular weight is 1030 g/mol. The highest BCUT2D eigenvalue weighted by Crippen LogP contribution is 2.55. The van der Waals surface area contributed by atoms with Crippen molar-refractivity contribution in [2.75, 3.05) is 59.1 Å². The van der Waals surface area contributed by atoms with Gasteiger partial charge in [0.25, 0.3) is 17.5 Å². The molecule has 2 aliphatic heterocycles. The van der Waals surface area contributed by atoms with E-state index >= 15 is 0 Å². The van der Waals surface area contributed by atoms with Crippen LogP contribution in [0.15, 0.2) is 61.2 Å². The maximum Gasteiger partial charge on any atom is 0.411 e. The van der Waals surface area contributed by atoms with E-state index in [0.717, 1.165) is 30.4 Å². The molecule has 0 unspecified atom stereocenters. The second kappa shape index (κ2) is 22.8. The molecule has 2 fully saturated rings. The summed E-state index contributed by atoms with van der Waals surface area (Å²) in [5, 5.41) is 15.3. The van der Waals surface area contributed by atoms with Crippen LogP contribution in [0.4, 0.5) is 16.2 Å². The van der Waals surface area contributed by atoms with Crippen LogP contribution >= 0.6 is 0 Å². The predicted molar refractivity (Wildman–Crippen MR) is 284 cm³/mol. The molecule has 394 valence electrons. The molecule has 0 aromatic heterocycles. The Hall–Kier alpha value is -5.44. The van der Waals surface area contributed by atoms with Crippen molar-refractivity contribution in [3.63, 3.8) is 0 Å². The summed E-state index contributed by atoms with van der Waals surface area (Å²) in [5.74, 6) is 0.304. The van der Waals surface area contributed by atoms with Crippen LogP contribution in [0.5, 0.6) is 23.0 Å². The summed E-state index contributed by atoms with van der Waals surface area (Å²) in [6.45, 7) is 27.6. The SMILES string of the molecule is C=CCOC(=O)Nc1cc(OCCCCCOc2cc([N+](=O)[O-])c(C(=O)N3Cc4ccccc4C[C@H]3CO[Si](C)(C)C(C)(C)C)cc2OC)c(OC)cc1C(=O)N1CC2(CC2)C[C@H]1CO[Si](C)(C)C(C)(C)C. The monoisotopic (exact) mass is 1030 g/mol. The van der Waals surface area contributed by atoms with Crippen molar-refractivity contribution in [3.8, 4) is 23.0 Å². The molecule has 3 amide bonds. The summed E-state index contributed by atoms with van der Waals surface area (Å²) < 4.78 is 42.2. The zero-order chi connectivity index (χ0) is 52.8. The molecule has 2 heterocycles. The normalized spacial score (nSPS) is 17.5. The van der Waals surface area contributed by atoms with Crippen LogP contribution in [0.2, 0.25) is 36.3 Å². The van der Waals surface area contributed by atoms with E-state index in [1.807, 2.05) is 23.1 Å². The smallest absolute Gasteiger partial charge is 0.411 e. The molecular weight excluding hydrogens is 953 g/mol. The first-order chi connectivity index (χ1) is 33.8. The number of rotatable bonds is 22. The molecule has 1 saturated heterocycles. The maximum absolute atomic E-state index is 14.6. The summed E-state index contributed by atoms with van der Waals surface area (Å²) >= 11 is 0. The van der Waals surface area contributed by atoms with E-state index in [1.54, 1.807) is 17.0 Å². The first kappa shape index (κ1) is 55.9. The van der Waals surface area contributed by atoms with Crippen molar-refractivity contribution in [3.05, 3.63) is 93.6 Å². The Labute approximate surface area is 428 Å². The van der Waals surface area contributed by atoms with E-state index in [-0.39, 0.29) is 93.8 Å². The molecule has 18 heteroatoms. The van der Waals surface area contributed by atoms with Gasteiger partial charge in [0.1, 0.15) is 12.2 Å². The van der Waals surface area contributed by atoms with Crippen LogP contribution in [-0.2, 0) is 26.6 Å². The number of unbranched alkanes of at least 4 members (excludes halogenated alkanes) is 2. The molecular formula is C54H78N4O12Si2. The van der Waals surface area contributed by atoms with E-state index in [9.17, 15) is 24.5 Å². The molecule has 0 bridgehead atoms. The highest BCUT2D eigenvalue weighted by Gasteiger charge is 2.54. The minimum Gasteiger partial charge on any atom is -0.493 e. The van der Waals surface area contributed by atoms with E-state index in [2.05, 4.69) is 85.7 Å². The molecule has 2 atom stereocenters. The summed E-state index contributed by atoms with van der Waals surface area (Å²) in [6.07, 6.45) is 6.08. The lowest BCUT2D eigenvalue weighted by atomic mass is 9.93. The van der Waals surface area contributed by atoms with Crippen molar-refractivity contribution >= 4 is 45.9 Å². The predicted octanol–water partition coefficient (Wildman–Crippen LogP) is 11.6. The summed E-state index contributed by atoms with van der Waals surface area (Å²) in [6, 6.07) is 13.4. The van der Waals surface area contributed by atoms with Gasteiger partial charge in [-0.2, -0.15) is 0 Å². The molecule has 1 N–H and O–H groups in total. The van der Waals surface area contributed by atoms with Crippen LogP contribution in [-0.4, -0.2) is 115 Å². The quantitative estimate of drug-likeness (QED) is 0.0332. The van der Waals surface area contributed by atoms with E-state index in [0.29, 0.717) is 56.9 Å². The molecule has 1 aliphatic carbocycles. The molecule has 72 heavy (non-hydrogen) atoms. The minimum absolute atomic E-state index is 0.0163. The zero-order valence-corrected chi connectivity index (χ0v) is 46.7. The third-order valence-corrected chi connectivity index (χ3v) is 24.5. The van der Waals surface area contributed by atoms with Crippen LogP contribution in [0.25, 0.3) is 0 Å². The largest absolute Gasteiger partial charge is 0.493 e. The number of methoxy groups -OCH3 is 2. The van der Waals surface area contributed by atoms with Crippen LogP contribution in [0, 0.1) is 15.5 Å². The lowest BCUT2D eigenvalue weighted by Crippen LogP contribution is -2.50. The fourth-order valence-electron chi connectivity index (χ4n) is 8.70. The van der Waals surface area contributed by atoms with Gasteiger partial charge >= 0.3 is 6.09 Å². The number of nitrogens with zero attached hydrogens (tertiary/aromatic N) is 3. The topological polar surface area (TPSA) is 177 Å². The molecule has 16 nitrogen and oxygen atoms in total. The number of carbonyl (C=O) groups is 3. The van der Waals surface area contributed by atoms with Crippen LogP contribution in [0.3, 0.4) is 0 Å². The number of nitrogens with one attached hydrogen (secondary N) is 1. The number of anilines is 1. The lowest BCUT2D eigenvalue weighted by Gasteiger charge is -2.41. The maximum atomic E-state index is 14.6. The van der Waals surface area contributed by atoms with Gasteiger partial charge in [-0.15, -0.1) is 0 Å². The van der Waals surface area contributed by atoms with Crippen molar-refractivity contribution < 1.29 is 51.8 Å². The summed E-state index contributed by atoms with van der Waals surface area (Å²) in [4.78, 5) is 57.6. The third-order valence-electron chi connectivity index (χ3n) is 15.5. The molecule has 3 aliphatic rings. The fourth-order valence-corrected chi connectivity index (χ4v) is 10.8. The molecule has 0 radical (unpaired) electrons. The number of amides is 3. The summed E-state index contributed by atoms with van der Waals surface area (Å²) in [7, 11) is -1.34. The molecule has 1 saturated carbocycles. The van der Waals surface area contributed by atoms with Gasteiger partial charge in [-0.1, -0.05) is 78.5 Å². The number of likely N-dealkylation sites (tertiary alicyclic amines) is 1. The number of hydrogen-bond donors (Lipinski definition) is 1. The van der Waals surface area contributed by atoms with Crippen molar-refractivity contribution in [2.24, 2.45) is 5.41 Å². The second-order valence-corrected chi connectivity index (χ2v) is 32.2. The highest BCUT2D eigenvalue weighted by atomic mass is 28.4. The summed E-state index contributed by atoms with van der Waals surface area (Å²) in [5.41, 5.74) is 2.22. The first-order valence-corrected chi connectivity index (χ1v) is 31.0. The van der Waals surface area contributed by atoms with E-state index < -0.39 is 33.6 Å². The second-order valence-electron chi connectivity index (χ2n) is 22.6. The minimum atomic E-state index is -2.18. The van der Waals surface area contributed by atoms with Crippen molar-refractivity contribution in [1.82, 2.24) is 9.80 Å². The number of hydrogen-bond acceptors (Lipinski definition) is 12. The lowest BCUT2D eigenvalue weighted by molar-refractivity contribution is -0.385. The van der Waals surface area contributed by atoms with Crippen LogP contribution < -0.4 is 24.3 Å². The van der Waals surface area contributed by atoms with E-state index in [4.69, 9.17) is 32.5 Å². The molecule has 3 aromatic rings. The highest BCUT2D eigenvalue weighted by molar-refractivity contribution is 6.74. The van der Waals surface area contributed by atoms with Gasteiger partial charge in [0.2, 0.25) is 0 Å². The van der Waals surface area contributed by atoms with Gasteiger partial charge in [-0.25, -0.2) is 4.79 Å². The number of benzene rings is 3. The number of ether oxygens (including phenoxy) is 5. The Balaban J connectivity index is 1.11. The van der Waals surface area contributed by atoms with Gasteiger partial charge in [-0.3, -0.25) is 25.0 Å². The van der Waals surface area contributed by atoms with Gasteiger partial charge in [0.05, 0.1) is 75.0 Å². The average Bonchev–Trinajstić information content (AvgIpc) is 3.99. The van der Waals surface area contributed by atoms with Gasteiger partial charge in [0.15, 0.2) is 39.6 Å². The van der Waals surface area contributed by atoms with Crippen LogP contribution in [0.1, 0.15) is 112 Å². The number of carbonyl (C=O) groups excluding carboxylic acids is 3. The Morgan fingerprint density at radius 2 is 1.32 bits per heavy atom. The number of nitro groups is 1.